The third-order valence-corrected chi connectivity index (χ3v) is 4.99. The van der Waals surface area contributed by atoms with E-state index in [1.807, 2.05) is 30.3 Å². The number of aromatic nitrogens is 2. The summed E-state index contributed by atoms with van der Waals surface area (Å²) < 4.78 is 27.9. The lowest BCUT2D eigenvalue weighted by molar-refractivity contribution is -0.0611. The molecule has 1 fully saturated rings. The van der Waals surface area contributed by atoms with Gasteiger partial charge in [0.1, 0.15) is 11.4 Å². The average Bonchev–Trinajstić information content (AvgIpc) is 2.67. The molecule has 1 unspecified atom stereocenters. The van der Waals surface area contributed by atoms with Crippen LogP contribution in [0.5, 0.6) is 5.75 Å². The molecule has 0 bridgehead atoms. The number of benzene rings is 2. The monoisotopic (exact) mass is 395 g/mol. The highest BCUT2D eigenvalue weighted by Crippen LogP contribution is 2.36. The van der Waals surface area contributed by atoms with Crippen LogP contribution in [0.1, 0.15) is 12.0 Å². The van der Waals surface area contributed by atoms with Crippen molar-refractivity contribution >= 4 is 16.6 Å². The normalized spacial score (nSPS) is 19.0. The van der Waals surface area contributed by atoms with Gasteiger partial charge in [0, 0.05) is 35.3 Å². The van der Waals surface area contributed by atoms with Crippen molar-refractivity contribution < 1.29 is 13.9 Å². The van der Waals surface area contributed by atoms with E-state index in [9.17, 15) is 13.9 Å². The van der Waals surface area contributed by atoms with Gasteiger partial charge in [0.05, 0.1) is 18.2 Å². The minimum atomic E-state index is -2.76. The second-order valence-electron chi connectivity index (χ2n) is 7.38. The number of hydrogen-bond donors (Lipinski definition) is 2. The van der Waals surface area contributed by atoms with Gasteiger partial charge in [0.15, 0.2) is 5.82 Å². The molecule has 3 aromatic rings. The summed E-state index contributed by atoms with van der Waals surface area (Å²) in [7, 11) is 1.67. The van der Waals surface area contributed by atoms with Crippen LogP contribution in [0.25, 0.3) is 22.0 Å². The molecule has 2 aromatic carbocycles. The number of phenols is 1. The molecule has 148 valence electrons. The number of alkyl halides is 2. The van der Waals surface area contributed by atoms with Crippen molar-refractivity contribution in [1.29, 1.82) is 5.26 Å². The maximum absolute atomic E-state index is 13.9. The number of rotatable bonds is 3. The van der Waals surface area contributed by atoms with Crippen LogP contribution in [0.2, 0.25) is 0 Å². The Morgan fingerprint density at radius 1 is 1.21 bits per heavy atom. The predicted octanol–water partition coefficient (Wildman–Crippen LogP) is 3.63. The van der Waals surface area contributed by atoms with Crippen molar-refractivity contribution in [3.8, 4) is 23.1 Å². The topological polar surface area (TPSA) is 85.1 Å². The summed E-state index contributed by atoms with van der Waals surface area (Å²) in [5.74, 6) is -2.41. The first-order chi connectivity index (χ1) is 13.9. The summed E-state index contributed by atoms with van der Waals surface area (Å²) in [6.07, 6.45) is -0.272. The summed E-state index contributed by atoms with van der Waals surface area (Å²) in [6, 6.07) is 13.4. The number of likely N-dealkylation sites (N-methyl/N-ethyl adjacent to an activating group) is 1. The van der Waals surface area contributed by atoms with Crippen molar-refractivity contribution in [2.75, 3.05) is 25.5 Å². The van der Waals surface area contributed by atoms with Crippen LogP contribution in [-0.4, -0.2) is 52.3 Å². The number of halogens is 2. The van der Waals surface area contributed by atoms with Crippen LogP contribution in [0.3, 0.4) is 0 Å². The number of nitriles is 1. The van der Waals surface area contributed by atoms with Gasteiger partial charge >= 0.3 is 0 Å². The van der Waals surface area contributed by atoms with E-state index in [2.05, 4.69) is 15.5 Å². The maximum Gasteiger partial charge on any atom is 0.262 e. The standard InChI is InChI=1S/C21H19F2N5O/c1-28-11-14(9-21(22,23)12-28)25-20-16-5-3-2-4-15(16)19(26-27-20)17-7-6-13(10-24)8-18(17)29/h2-8,14,29H,9,11-12H2,1H3,(H,25,27). The number of aromatic hydroxyl groups is 1. The number of likely N-dealkylation sites (tertiary alicyclic amines) is 1. The Hall–Kier alpha value is -3.31. The lowest BCUT2D eigenvalue weighted by Crippen LogP contribution is -2.50. The number of nitrogens with one attached hydrogen (secondary N) is 1. The van der Waals surface area contributed by atoms with Crippen LogP contribution < -0.4 is 5.32 Å². The van der Waals surface area contributed by atoms with E-state index < -0.39 is 12.0 Å². The zero-order valence-electron chi connectivity index (χ0n) is 15.7. The van der Waals surface area contributed by atoms with Gasteiger partial charge in [0.2, 0.25) is 0 Å². The molecule has 8 heteroatoms. The molecule has 4 rings (SSSR count). The van der Waals surface area contributed by atoms with Crippen molar-refractivity contribution in [3.05, 3.63) is 48.0 Å². The van der Waals surface area contributed by atoms with Gasteiger partial charge in [-0.3, -0.25) is 4.90 Å². The molecule has 0 aliphatic carbocycles. The van der Waals surface area contributed by atoms with Crippen molar-refractivity contribution in [2.45, 2.75) is 18.4 Å². The van der Waals surface area contributed by atoms with Crippen molar-refractivity contribution in [3.63, 3.8) is 0 Å². The SMILES string of the molecule is CN1CC(Nc2nnc(-c3ccc(C#N)cc3O)c3ccccc23)CC(F)(F)C1. The van der Waals surface area contributed by atoms with Crippen LogP contribution in [-0.2, 0) is 0 Å². The van der Waals surface area contributed by atoms with Gasteiger partial charge in [0.25, 0.3) is 5.92 Å². The summed E-state index contributed by atoms with van der Waals surface area (Å²) in [5.41, 5.74) is 1.24. The Bertz CT molecular complexity index is 1110. The first-order valence-electron chi connectivity index (χ1n) is 9.18. The van der Waals surface area contributed by atoms with E-state index in [0.717, 1.165) is 10.8 Å². The van der Waals surface area contributed by atoms with Crippen LogP contribution in [0, 0.1) is 11.3 Å². The summed E-state index contributed by atoms with van der Waals surface area (Å²) in [4.78, 5) is 1.60. The van der Waals surface area contributed by atoms with E-state index in [1.165, 1.54) is 6.07 Å². The van der Waals surface area contributed by atoms with Gasteiger partial charge in [-0.15, -0.1) is 10.2 Å². The van der Waals surface area contributed by atoms with E-state index >= 15 is 0 Å². The van der Waals surface area contributed by atoms with Crippen molar-refractivity contribution in [1.82, 2.24) is 15.1 Å². The van der Waals surface area contributed by atoms with Crippen LogP contribution in [0.4, 0.5) is 14.6 Å². The third-order valence-electron chi connectivity index (χ3n) is 4.99. The Balaban J connectivity index is 1.74. The quantitative estimate of drug-likeness (QED) is 0.705. The molecule has 0 spiro atoms. The molecule has 6 nitrogen and oxygen atoms in total. The third kappa shape index (κ3) is 3.82. The number of fused-ring (bicyclic) bond motifs is 1. The molecule has 2 heterocycles. The number of piperidine rings is 1. The average molecular weight is 395 g/mol. The molecule has 1 saturated heterocycles. The second-order valence-corrected chi connectivity index (χ2v) is 7.38. The molecular weight excluding hydrogens is 376 g/mol. The summed E-state index contributed by atoms with van der Waals surface area (Å²) in [5, 5.41) is 32.4. The van der Waals surface area contributed by atoms with Crippen LogP contribution in [0.15, 0.2) is 42.5 Å². The molecule has 2 N–H and O–H groups in total. The maximum atomic E-state index is 13.9. The van der Waals surface area contributed by atoms with E-state index in [0.29, 0.717) is 29.2 Å². The zero-order chi connectivity index (χ0) is 20.6. The van der Waals surface area contributed by atoms with Crippen LogP contribution >= 0.6 is 0 Å². The molecule has 1 atom stereocenters. The van der Waals surface area contributed by atoms with Gasteiger partial charge < -0.3 is 10.4 Å². The Morgan fingerprint density at radius 2 is 1.97 bits per heavy atom. The molecule has 1 aliphatic heterocycles. The number of anilines is 1. The fourth-order valence-electron chi connectivity index (χ4n) is 3.83. The lowest BCUT2D eigenvalue weighted by atomic mass is 10.0. The fraction of sp³-hybridized carbons (Fsp3) is 0.286. The van der Waals surface area contributed by atoms with E-state index in [-0.39, 0.29) is 18.7 Å². The Labute approximate surface area is 166 Å². The fourth-order valence-corrected chi connectivity index (χ4v) is 3.83. The minimum absolute atomic E-state index is 0.0715. The molecular formula is C21H19F2N5O. The largest absolute Gasteiger partial charge is 0.507 e. The predicted molar refractivity (Wildman–Crippen MR) is 106 cm³/mol. The Morgan fingerprint density at radius 3 is 2.66 bits per heavy atom. The number of phenolic OH excluding ortho intramolecular Hbond substituents is 1. The lowest BCUT2D eigenvalue weighted by Gasteiger charge is -2.36. The van der Waals surface area contributed by atoms with E-state index in [4.69, 9.17) is 5.26 Å². The first kappa shape index (κ1) is 19.0. The van der Waals surface area contributed by atoms with Gasteiger partial charge in [-0.05, 0) is 25.2 Å². The molecule has 29 heavy (non-hydrogen) atoms. The second kappa shape index (κ2) is 7.26. The Kier molecular flexibility index (Phi) is 4.76. The molecule has 1 aromatic heterocycles. The smallest absolute Gasteiger partial charge is 0.262 e. The summed E-state index contributed by atoms with van der Waals surface area (Å²) in [6.45, 7) is 0.221. The molecule has 0 saturated carbocycles. The first-order valence-corrected chi connectivity index (χ1v) is 9.18. The molecule has 1 aliphatic rings. The van der Waals surface area contributed by atoms with Gasteiger partial charge in [-0.1, -0.05) is 24.3 Å². The highest BCUT2D eigenvalue weighted by Gasteiger charge is 2.39. The van der Waals surface area contributed by atoms with E-state index in [1.54, 1.807) is 24.1 Å². The molecule has 0 amide bonds. The number of hydrogen-bond acceptors (Lipinski definition) is 6. The van der Waals surface area contributed by atoms with Gasteiger partial charge in [-0.25, -0.2) is 8.78 Å². The zero-order valence-corrected chi connectivity index (χ0v) is 15.7. The summed E-state index contributed by atoms with van der Waals surface area (Å²) >= 11 is 0. The minimum Gasteiger partial charge on any atom is -0.507 e. The number of nitrogens with zero attached hydrogens (tertiary/aromatic N) is 4. The van der Waals surface area contributed by atoms with Crippen molar-refractivity contribution in [2.24, 2.45) is 0 Å². The molecule has 0 radical (unpaired) electrons. The van der Waals surface area contributed by atoms with Gasteiger partial charge in [-0.2, -0.15) is 5.26 Å². The highest BCUT2D eigenvalue weighted by atomic mass is 19.3. The highest BCUT2D eigenvalue weighted by molar-refractivity contribution is 6.00.